The molecule has 0 aliphatic carbocycles. The molecule has 4 N–H and O–H groups in total. The second-order valence-corrected chi connectivity index (χ2v) is 11.7. The van der Waals surface area contributed by atoms with E-state index in [0.717, 1.165) is 41.5 Å². The van der Waals surface area contributed by atoms with Gasteiger partial charge in [0.15, 0.2) is 11.5 Å². The van der Waals surface area contributed by atoms with Crippen molar-refractivity contribution >= 4 is 45.4 Å². The number of alkyl carbamates (subject to hydrolysis) is 1. The third-order valence-electron chi connectivity index (χ3n) is 7.36. The van der Waals surface area contributed by atoms with Crippen molar-refractivity contribution in [2.24, 2.45) is 0 Å². The molecule has 0 unspecified atom stereocenters. The van der Waals surface area contributed by atoms with Gasteiger partial charge in [0.05, 0.1) is 24.4 Å². The molecule has 1 fully saturated rings. The maximum Gasteiger partial charge on any atom is 0.408 e. The number of ether oxygens (including phenoxy) is 2. The van der Waals surface area contributed by atoms with Gasteiger partial charge >= 0.3 is 6.09 Å². The van der Waals surface area contributed by atoms with E-state index in [9.17, 15) is 9.59 Å². The summed E-state index contributed by atoms with van der Waals surface area (Å²) >= 11 is 0. The molecule has 228 valence electrons. The van der Waals surface area contributed by atoms with Crippen LogP contribution in [0, 0.1) is 0 Å². The average Bonchev–Trinajstić information content (AvgIpc) is 3.77. The fourth-order valence-electron chi connectivity index (χ4n) is 5.38. The van der Waals surface area contributed by atoms with Crippen molar-refractivity contribution < 1.29 is 19.1 Å². The van der Waals surface area contributed by atoms with E-state index in [2.05, 4.69) is 45.4 Å². The van der Waals surface area contributed by atoms with Gasteiger partial charge in [0.25, 0.3) is 0 Å². The van der Waals surface area contributed by atoms with E-state index in [0.29, 0.717) is 29.4 Å². The number of aromatic nitrogens is 6. The first-order valence-corrected chi connectivity index (χ1v) is 14.6. The molecule has 4 heterocycles. The molecule has 13 heteroatoms. The highest BCUT2D eigenvalue weighted by Gasteiger charge is 2.29. The van der Waals surface area contributed by atoms with E-state index in [-0.39, 0.29) is 12.5 Å². The molecule has 44 heavy (non-hydrogen) atoms. The second kappa shape index (κ2) is 12.2. The summed E-state index contributed by atoms with van der Waals surface area (Å²) in [5.74, 6) is 1.11. The van der Waals surface area contributed by atoms with Crippen molar-refractivity contribution in [3.63, 3.8) is 0 Å². The molecule has 1 saturated heterocycles. The molecule has 2 amide bonds. The second-order valence-electron chi connectivity index (χ2n) is 11.7. The van der Waals surface area contributed by atoms with Crippen LogP contribution in [-0.2, 0) is 16.0 Å². The number of benzene rings is 2. The van der Waals surface area contributed by atoms with Gasteiger partial charge in [-0.2, -0.15) is 0 Å². The fourth-order valence-corrected chi connectivity index (χ4v) is 5.38. The van der Waals surface area contributed by atoms with Crippen molar-refractivity contribution in [3.05, 3.63) is 67.3 Å². The highest BCUT2D eigenvalue weighted by Crippen LogP contribution is 2.31. The standard InChI is InChI=1S/C31H35N9O4/c1-31(2,3)44-30(42)39-24(13-21-14-32-16-33-21)29(41)38-20-10-9-19-6-4-8-25(23(19)12-20)43-15-22-7-5-11-40(22)28-26-27(35-17-34-26)36-18-37-28/h4,6,8-10,12,14,16-18,22,24H,5,7,11,13,15H2,1-3H3,(H,32,33)(H,38,41)(H,39,42)(H,34,35,36,37)/t22-,24+/m1/s1. The normalized spacial score (nSPS) is 15.8. The van der Waals surface area contributed by atoms with E-state index in [1.165, 1.54) is 6.33 Å². The van der Waals surface area contributed by atoms with Crippen molar-refractivity contribution in [1.82, 2.24) is 35.2 Å². The van der Waals surface area contributed by atoms with Gasteiger partial charge in [-0.25, -0.2) is 24.7 Å². The number of imidazole rings is 2. The van der Waals surface area contributed by atoms with Crippen molar-refractivity contribution in [3.8, 4) is 5.75 Å². The van der Waals surface area contributed by atoms with Crippen LogP contribution in [0.1, 0.15) is 39.3 Å². The summed E-state index contributed by atoms with van der Waals surface area (Å²) in [7, 11) is 0. The summed E-state index contributed by atoms with van der Waals surface area (Å²) < 4.78 is 11.8. The molecule has 0 bridgehead atoms. The number of rotatable bonds is 9. The number of nitrogens with one attached hydrogen (secondary N) is 4. The molecular weight excluding hydrogens is 562 g/mol. The minimum absolute atomic E-state index is 0.115. The van der Waals surface area contributed by atoms with Crippen LogP contribution in [0.4, 0.5) is 16.3 Å². The quantitative estimate of drug-likeness (QED) is 0.193. The lowest BCUT2D eigenvalue weighted by Gasteiger charge is -2.26. The van der Waals surface area contributed by atoms with E-state index < -0.39 is 23.6 Å². The molecule has 0 spiro atoms. The van der Waals surface area contributed by atoms with Crippen molar-refractivity contribution in [1.29, 1.82) is 0 Å². The predicted molar refractivity (Wildman–Crippen MR) is 166 cm³/mol. The highest BCUT2D eigenvalue weighted by molar-refractivity contribution is 5.99. The van der Waals surface area contributed by atoms with Gasteiger partial charge in [0.2, 0.25) is 5.91 Å². The van der Waals surface area contributed by atoms with Crippen LogP contribution in [0.3, 0.4) is 0 Å². The van der Waals surface area contributed by atoms with Crippen molar-refractivity contribution in [2.45, 2.75) is 57.7 Å². The van der Waals surface area contributed by atoms with E-state index in [1.54, 1.807) is 39.6 Å². The minimum Gasteiger partial charge on any atom is -0.491 e. The molecule has 1 aliphatic heterocycles. The van der Waals surface area contributed by atoms with Gasteiger partial charge in [0.1, 0.15) is 35.8 Å². The summed E-state index contributed by atoms with van der Waals surface area (Å²) in [5, 5.41) is 7.46. The first kappa shape index (κ1) is 28.9. The molecule has 6 rings (SSSR count). The zero-order valence-corrected chi connectivity index (χ0v) is 24.8. The highest BCUT2D eigenvalue weighted by atomic mass is 16.6. The molecule has 5 aromatic rings. The number of hydrogen-bond acceptors (Lipinski definition) is 9. The lowest BCUT2D eigenvalue weighted by Crippen LogP contribution is -2.47. The van der Waals surface area contributed by atoms with Crippen LogP contribution in [0.2, 0.25) is 0 Å². The Morgan fingerprint density at radius 2 is 2.00 bits per heavy atom. The maximum absolute atomic E-state index is 13.4. The first-order valence-electron chi connectivity index (χ1n) is 14.6. The average molecular weight is 598 g/mol. The monoisotopic (exact) mass is 597 g/mol. The molecule has 13 nitrogen and oxygen atoms in total. The summed E-state index contributed by atoms with van der Waals surface area (Å²) in [4.78, 5) is 51.6. The lowest BCUT2D eigenvalue weighted by molar-refractivity contribution is -0.118. The number of H-pyrrole nitrogens is 2. The summed E-state index contributed by atoms with van der Waals surface area (Å²) in [6.45, 7) is 6.61. The van der Waals surface area contributed by atoms with Crippen LogP contribution in [0.15, 0.2) is 61.6 Å². The smallest absolute Gasteiger partial charge is 0.408 e. The third-order valence-corrected chi connectivity index (χ3v) is 7.36. The van der Waals surface area contributed by atoms with Crippen LogP contribution < -0.4 is 20.3 Å². The van der Waals surface area contributed by atoms with E-state index in [1.807, 2.05) is 36.4 Å². The summed E-state index contributed by atoms with van der Waals surface area (Å²) in [6.07, 6.45) is 7.88. The van der Waals surface area contributed by atoms with Crippen LogP contribution in [0.25, 0.3) is 21.9 Å². The first-order chi connectivity index (χ1) is 21.2. The molecule has 2 atom stereocenters. The Labute approximate surface area is 253 Å². The SMILES string of the molecule is CC(C)(C)OC(=O)N[C@@H](Cc1c[nH]cn1)C(=O)Nc1ccc2cccc(OC[C@H]3CCCN3c3ncnc4[nH]cnc34)c2c1. The Morgan fingerprint density at radius 1 is 1.11 bits per heavy atom. The molecule has 1 aliphatic rings. The number of aromatic amines is 2. The number of amides is 2. The molecule has 3 aromatic heterocycles. The Morgan fingerprint density at radius 3 is 2.82 bits per heavy atom. The Kier molecular flexibility index (Phi) is 8.01. The predicted octanol–water partition coefficient (Wildman–Crippen LogP) is 4.35. The number of carbonyl (C=O) groups is 2. The zero-order chi connectivity index (χ0) is 30.7. The van der Waals surface area contributed by atoms with Gasteiger partial charge in [-0.15, -0.1) is 0 Å². The van der Waals surface area contributed by atoms with Crippen LogP contribution in [-0.4, -0.2) is 72.7 Å². The zero-order valence-electron chi connectivity index (χ0n) is 24.8. The number of fused-ring (bicyclic) bond motifs is 2. The summed E-state index contributed by atoms with van der Waals surface area (Å²) in [6, 6.07) is 10.7. The van der Waals surface area contributed by atoms with Gasteiger partial charge in [0, 0.05) is 30.2 Å². The van der Waals surface area contributed by atoms with Crippen molar-refractivity contribution in [2.75, 3.05) is 23.4 Å². The molecule has 0 saturated carbocycles. The summed E-state index contributed by atoms with van der Waals surface area (Å²) in [5.41, 5.74) is 1.95. The topological polar surface area (TPSA) is 163 Å². The molecular formula is C31H35N9O4. The van der Waals surface area contributed by atoms with E-state index in [4.69, 9.17) is 9.47 Å². The van der Waals surface area contributed by atoms with Gasteiger partial charge in [-0.05, 0) is 57.2 Å². The van der Waals surface area contributed by atoms with Gasteiger partial charge in [-0.1, -0.05) is 18.2 Å². The van der Waals surface area contributed by atoms with Gasteiger partial charge < -0.3 is 35.0 Å². The van der Waals surface area contributed by atoms with Crippen LogP contribution in [0.5, 0.6) is 5.75 Å². The van der Waals surface area contributed by atoms with E-state index >= 15 is 0 Å². The molecule has 2 aromatic carbocycles. The minimum atomic E-state index is -0.911. The molecule has 0 radical (unpaired) electrons. The third kappa shape index (κ3) is 6.56. The Hall–Kier alpha value is -5.20. The Balaban J connectivity index is 1.18. The lowest BCUT2D eigenvalue weighted by atomic mass is 10.1. The fraction of sp³-hybridized carbons (Fsp3) is 0.355. The number of anilines is 2. The number of hydrogen-bond donors (Lipinski definition) is 4. The largest absolute Gasteiger partial charge is 0.491 e. The Bertz CT molecular complexity index is 1760. The number of carbonyl (C=O) groups excluding carboxylic acids is 2. The van der Waals surface area contributed by atoms with Crippen LogP contribution >= 0.6 is 0 Å². The van der Waals surface area contributed by atoms with Gasteiger partial charge in [-0.3, -0.25) is 4.79 Å². The maximum atomic E-state index is 13.4. The number of nitrogens with zero attached hydrogens (tertiary/aromatic N) is 5.